The number of nitrogens with one attached hydrogen (secondary N) is 1. The van der Waals surface area contributed by atoms with Crippen LogP contribution in [0.4, 0.5) is 4.39 Å². The minimum absolute atomic E-state index is 0.150. The zero-order valence-corrected chi connectivity index (χ0v) is 12.8. The predicted octanol–water partition coefficient (Wildman–Crippen LogP) is 4.23. The van der Waals surface area contributed by atoms with Gasteiger partial charge in [-0.2, -0.15) is 0 Å². The predicted molar refractivity (Wildman–Crippen MR) is 84.3 cm³/mol. The van der Waals surface area contributed by atoms with Crippen molar-refractivity contribution in [2.75, 3.05) is 13.7 Å². The summed E-state index contributed by atoms with van der Waals surface area (Å²) in [6.07, 6.45) is 0.982. The standard InChI is InChI=1S/C18H22FNO/c1-4-12-21-15-10-8-14(9-11-15)18(20-3)16-7-5-6-13(2)17(16)19/h5-11,18,20H,4,12H2,1-3H3. The van der Waals surface area contributed by atoms with Crippen LogP contribution in [0.1, 0.15) is 36.1 Å². The smallest absolute Gasteiger partial charge is 0.131 e. The van der Waals surface area contributed by atoms with Gasteiger partial charge in [-0.15, -0.1) is 0 Å². The molecule has 2 rings (SSSR count). The summed E-state index contributed by atoms with van der Waals surface area (Å²) in [4.78, 5) is 0. The molecule has 0 spiro atoms. The summed E-state index contributed by atoms with van der Waals surface area (Å²) in [6.45, 7) is 4.57. The highest BCUT2D eigenvalue weighted by Gasteiger charge is 2.17. The van der Waals surface area contributed by atoms with Crippen molar-refractivity contribution in [2.45, 2.75) is 26.3 Å². The molecule has 0 heterocycles. The van der Waals surface area contributed by atoms with E-state index < -0.39 is 0 Å². The van der Waals surface area contributed by atoms with Crippen molar-refractivity contribution in [1.82, 2.24) is 5.32 Å². The zero-order valence-electron chi connectivity index (χ0n) is 12.8. The Labute approximate surface area is 126 Å². The maximum atomic E-state index is 14.3. The highest BCUT2D eigenvalue weighted by Crippen LogP contribution is 2.27. The molecule has 0 aromatic heterocycles. The quantitative estimate of drug-likeness (QED) is 0.858. The largest absolute Gasteiger partial charge is 0.494 e. The van der Waals surface area contributed by atoms with Crippen molar-refractivity contribution in [1.29, 1.82) is 0 Å². The number of benzene rings is 2. The normalized spacial score (nSPS) is 12.2. The molecule has 21 heavy (non-hydrogen) atoms. The van der Waals surface area contributed by atoms with E-state index in [0.717, 1.165) is 17.7 Å². The van der Waals surface area contributed by atoms with Gasteiger partial charge in [-0.05, 0) is 43.7 Å². The average Bonchev–Trinajstić information content (AvgIpc) is 2.51. The van der Waals surface area contributed by atoms with E-state index in [1.165, 1.54) is 0 Å². The highest BCUT2D eigenvalue weighted by molar-refractivity contribution is 5.37. The van der Waals surface area contributed by atoms with Crippen LogP contribution in [-0.4, -0.2) is 13.7 Å². The van der Waals surface area contributed by atoms with Crippen molar-refractivity contribution in [3.8, 4) is 5.75 Å². The van der Waals surface area contributed by atoms with Crippen LogP contribution >= 0.6 is 0 Å². The van der Waals surface area contributed by atoms with Crippen molar-refractivity contribution < 1.29 is 9.13 Å². The second-order valence-electron chi connectivity index (χ2n) is 5.12. The van der Waals surface area contributed by atoms with Crippen LogP contribution in [0.25, 0.3) is 0 Å². The monoisotopic (exact) mass is 287 g/mol. The van der Waals surface area contributed by atoms with Crippen LogP contribution < -0.4 is 10.1 Å². The molecule has 0 amide bonds. The lowest BCUT2D eigenvalue weighted by Gasteiger charge is -2.19. The van der Waals surface area contributed by atoms with Crippen molar-refractivity contribution in [2.24, 2.45) is 0 Å². The first-order valence-corrected chi connectivity index (χ1v) is 7.32. The first-order chi connectivity index (χ1) is 10.2. The molecule has 0 saturated carbocycles. The van der Waals surface area contributed by atoms with E-state index in [1.807, 2.05) is 43.4 Å². The van der Waals surface area contributed by atoms with Crippen LogP contribution in [0.3, 0.4) is 0 Å². The Morgan fingerprint density at radius 2 is 1.86 bits per heavy atom. The van der Waals surface area contributed by atoms with Crippen LogP contribution in [-0.2, 0) is 0 Å². The molecule has 0 saturated heterocycles. The van der Waals surface area contributed by atoms with Gasteiger partial charge in [0.05, 0.1) is 12.6 Å². The van der Waals surface area contributed by atoms with Gasteiger partial charge in [-0.25, -0.2) is 4.39 Å². The molecule has 2 aromatic carbocycles. The first-order valence-electron chi connectivity index (χ1n) is 7.32. The Kier molecular flexibility index (Phi) is 5.34. The molecule has 0 aliphatic heterocycles. The van der Waals surface area contributed by atoms with Gasteiger partial charge in [0.25, 0.3) is 0 Å². The van der Waals surface area contributed by atoms with E-state index in [0.29, 0.717) is 17.7 Å². The topological polar surface area (TPSA) is 21.3 Å². The Morgan fingerprint density at radius 3 is 2.48 bits per heavy atom. The number of aryl methyl sites for hydroxylation is 1. The third-order valence-electron chi connectivity index (χ3n) is 3.51. The molecule has 2 aromatic rings. The molecule has 1 N–H and O–H groups in total. The lowest BCUT2D eigenvalue weighted by atomic mass is 9.97. The van der Waals surface area contributed by atoms with Gasteiger partial charge in [-0.1, -0.05) is 37.3 Å². The van der Waals surface area contributed by atoms with E-state index in [1.54, 1.807) is 13.0 Å². The zero-order chi connectivity index (χ0) is 15.2. The molecule has 1 atom stereocenters. The van der Waals surface area contributed by atoms with Crippen molar-refractivity contribution >= 4 is 0 Å². The molecule has 0 bridgehead atoms. The molecule has 0 radical (unpaired) electrons. The molecule has 0 fully saturated rings. The second-order valence-corrected chi connectivity index (χ2v) is 5.12. The van der Waals surface area contributed by atoms with E-state index in [-0.39, 0.29) is 11.9 Å². The SMILES string of the molecule is CCCOc1ccc(C(NC)c2cccc(C)c2F)cc1. The molecule has 2 nitrogen and oxygen atoms in total. The van der Waals surface area contributed by atoms with Crippen molar-refractivity contribution in [3.63, 3.8) is 0 Å². The summed E-state index contributed by atoms with van der Waals surface area (Å²) < 4.78 is 19.9. The number of rotatable bonds is 6. The van der Waals surface area contributed by atoms with Crippen LogP contribution in [0.15, 0.2) is 42.5 Å². The molecular weight excluding hydrogens is 265 g/mol. The fourth-order valence-electron chi connectivity index (χ4n) is 2.37. The molecule has 0 aliphatic rings. The van der Waals surface area contributed by atoms with E-state index in [2.05, 4.69) is 12.2 Å². The van der Waals surface area contributed by atoms with Gasteiger partial charge >= 0.3 is 0 Å². The Balaban J connectivity index is 2.27. The highest BCUT2D eigenvalue weighted by atomic mass is 19.1. The van der Waals surface area contributed by atoms with Gasteiger partial charge < -0.3 is 10.1 Å². The Hall–Kier alpha value is -1.87. The van der Waals surface area contributed by atoms with E-state index >= 15 is 0 Å². The minimum atomic E-state index is -0.162. The lowest BCUT2D eigenvalue weighted by Crippen LogP contribution is -2.19. The summed E-state index contributed by atoms with van der Waals surface area (Å²) in [5.41, 5.74) is 2.35. The number of halogens is 1. The summed E-state index contributed by atoms with van der Waals surface area (Å²) in [5, 5.41) is 3.18. The number of hydrogen-bond acceptors (Lipinski definition) is 2. The molecule has 3 heteroatoms. The Bertz CT molecular complexity index is 580. The maximum absolute atomic E-state index is 14.3. The fraction of sp³-hybridized carbons (Fsp3) is 0.333. The third kappa shape index (κ3) is 3.61. The van der Waals surface area contributed by atoms with E-state index in [4.69, 9.17) is 4.74 Å². The molecule has 112 valence electrons. The average molecular weight is 287 g/mol. The van der Waals surface area contributed by atoms with Gasteiger partial charge in [0.2, 0.25) is 0 Å². The summed E-state index contributed by atoms with van der Waals surface area (Å²) >= 11 is 0. The fourth-order valence-corrected chi connectivity index (χ4v) is 2.37. The molecule has 0 aliphatic carbocycles. The first kappa shape index (κ1) is 15.5. The van der Waals surface area contributed by atoms with Gasteiger partial charge in [0.1, 0.15) is 11.6 Å². The van der Waals surface area contributed by atoms with Crippen LogP contribution in [0.2, 0.25) is 0 Å². The minimum Gasteiger partial charge on any atom is -0.494 e. The van der Waals surface area contributed by atoms with Gasteiger partial charge in [0.15, 0.2) is 0 Å². The number of ether oxygens (including phenoxy) is 1. The summed E-state index contributed by atoms with van der Waals surface area (Å²) in [6, 6.07) is 13.2. The summed E-state index contributed by atoms with van der Waals surface area (Å²) in [5.74, 6) is 0.698. The van der Waals surface area contributed by atoms with Crippen molar-refractivity contribution in [3.05, 3.63) is 65.0 Å². The second kappa shape index (κ2) is 7.23. The maximum Gasteiger partial charge on any atom is 0.131 e. The van der Waals surface area contributed by atoms with Crippen LogP contribution in [0, 0.1) is 12.7 Å². The number of hydrogen-bond donors (Lipinski definition) is 1. The van der Waals surface area contributed by atoms with Gasteiger partial charge in [0, 0.05) is 5.56 Å². The molecular formula is C18H22FNO. The summed E-state index contributed by atoms with van der Waals surface area (Å²) in [7, 11) is 1.84. The third-order valence-corrected chi connectivity index (χ3v) is 3.51. The molecule has 1 unspecified atom stereocenters. The van der Waals surface area contributed by atoms with Crippen LogP contribution in [0.5, 0.6) is 5.75 Å². The lowest BCUT2D eigenvalue weighted by molar-refractivity contribution is 0.317. The van der Waals surface area contributed by atoms with E-state index in [9.17, 15) is 4.39 Å². The Morgan fingerprint density at radius 1 is 1.14 bits per heavy atom. The van der Waals surface area contributed by atoms with Gasteiger partial charge in [-0.3, -0.25) is 0 Å².